The summed E-state index contributed by atoms with van der Waals surface area (Å²) >= 11 is 0. The van der Waals surface area contributed by atoms with Gasteiger partial charge in [0.05, 0.1) is 38.6 Å². The maximum Gasteiger partial charge on any atom is 0.315 e. The van der Waals surface area contributed by atoms with Crippen molar-refractivity contribution < 1.29 is 83.9 Å². The maximum absolute atomic E-state index is 13.8. The molecule has 0 aromatic heterocycles. The number of rotatable bonds is 8. The number of hydrogen-bond acceptors (Lipinski definition) is 17. The van der Waals surface area contributed by atoms with Gasteiger partial charge in [0.25, 0.3) is 0 Å². The third kappa shape index (κ3) is 7.72. The fraction of sp³-hybridized carbons (Fsp3) is 0.938. The molecule has 9 N–H and O–H groups in total. The van der Waals surface area contributed by atoms with Crippen LogP contribution in [-0.2, 0) is 38.0 Å². The number of hydrogen-bond donors (Lipinski definition) is 9. The summed E-state index contributed by atoms with van der Waals surface area (Å²) in [6.45, 7) is 16.5. The number of carbonyl (C=O) groups is 1. The van der Waals surface area contributed by atoms with Crippen molar-refractivity contribution in [1.82, 2.24) is 0 Å². The third-order valence-corrected chi connectivity index (χ3v) is 19.1. The number of aliphatic hydroxyl groups is 9. The minimum Gasteiger partial charge on any atom is -0.468 e. The summed E-state index contributed by atoms with van der Waals surface area (Å²) in [5, 5.41) is 98.3. The molecular weight excluding hydrogens is 849 g/mol. The Balaban J connectivity index is 1.07. The Hall–Kier alpha value is -1.39. The number of esters is 1. The molecular formula is C48H78O17. The molecule has 0 aromatic rings. The second-order valence-corrected chi connectivity index (χ2v) is 23.3. The summed E-state index contributed by atoms with van der Waals surface area (Å²) in [5.41, 5.74) is -0.886. The molecule has 8 rings (SSSR count). The number of fused-ring (bicyclic) bond motifs is 7. The summed E-state index contributed by atoms with van der Waals surface area (Å²) in [7, 11) is 1.43. The molecule has 65 heavy (non-hydrogen) atoms. The van der Waals surface area contributed by atoms with Crippen LogP contribution < -0.4 is 0 Å². The zero-order chi connectivity index (χ0) is 47.6. The standard InChI is InChI=1S/C48H78O17/c1-22-31(52)33(54)35(56)40(61-22)65-38-36(57)37(64-39-34(55)32(53)25(50)21-60-39)26(20-49)62-41(38)63-30-13-14-45(6)27(44(30,4)5)12-15-46(7)28(45)11-10-23-24-18-43(2,3)16-17-48(24,42(58)59-9)29(51)19-47(23,46)8/h10,22,24-41,49-57H,11-21H2,1-9H3/t22-,24-,25+,26+,27-,28+,29+,30?,31-,32-,33+,34+,35+,36-,37+,38+,39-,40-,41-,45-,46+,47+,48+/m0/s1. The minimum atomic E-state index is -1.74. The van der Waals surface area contributed by atoms with Gasteiger partial charge in [-0.1, -0.05) is 60.1 Å². The Kier molecular flexibility index (Phi) is 13.4. The number of ether oxygens (including phenoxy) is 7. The van der Waals surface area contributed by atoms with Gasteiger partial charge in [0.15, 0.2) is 18.9 Å². The molecule has 0 aromatic carbocycles. The predicted octanol–water partition coefficient (Wildman–Crippen LogP) is 1.43. The van der Waals surface area contributed by atoms with E-state index in [9.17, 15) is 50.8 Å². The zero-order valence-corrected chi connectivity index (χ0v) is 39.6. The fourth-order valence-corrected chi connectivity index (χ4v) is 15.1. The first kappa shape index (κ1) is 50.0. The molecule has 5 aliphatic carbocycles. The largest absolute Gasteiger partial charge is 0.468 e. The van der Waals surface area contributed by atoms with Crippen LogP contribution in [-0.4, -0.2) is 170 Å². The lowest BCUT2D eigenvalue weighted by Gasteiger charge is -2.71. The van der Waals surface area contributed by atoms with Crippen LogP contribution in [0.15, 0.2) is 11.6 Å². The third-order valence-electron chi connectivity index (χ3n) is 19.1. The van der Waals surface area contributed by atoms with E-state index in [0.717, 1.165) is 38.5 Å². The predicted molar refractivity (Wildman–Crippen MR) is 229 cm³/mol. The number of methoxy groups -OCH3 is 1. The molecule has 0 spiro atoms. The normalized spacial score (nSPS) is 53.9. The molecule has 8 aliphatic rings. The highest BCUT2D eigenvalue weighted by molar-refractivity contribution is 5.79. The van der Waals surface area contributed by atoms with E-state index in [4.69, 9.17) is 33.2 Å². The molecule has 3 saturated heterocycles. The van der Waals surface area contributed by atoms with E-state index in [0.29, 0.717) is 19.3 Å². The number of allylic oxidation sites excluding steroid dienone is 2. The van der Waals surface area contributed by atoms with Gasteiger partial charge < -0.3 is 79.1 Å². The summed E-state index contributed by atoms with van der Waals surface area (Å²) in [6, 6.07) is 0. The van der Waals surface area contributed by atoms with Crippen molar-refractivity contribution in [2.24, 2.45) is 50.2 Å². The lowest BCUT2D eigenvalue weighted by molar-refractivity contribution is -0.391. The zero-order valence-electron chi connectivity index (χ0n) is 39.6. The number of carbonyl (C=O) groups excluding carboxylic acids is 1. The molecule has 7 fully saturated rings. The maximum atomic E-state index is 13.8. The van der Waals surface area contributed by atoms with Gasteiger partial charge in [-0.05, 0) is 110 Å². The van der Waals surface area contributed by atoms with Crippen molar-refractivity contribution in [3.05, 3.63) is 11.6 Å². The van der Waals surface area contributed by atoms with Crippen LogP contribution in [0.25, 0.3) is 0 Å². The van der Waals surface area contributed by atoms with Gasteiger partial charge in [0.2, 0.25) is 0 Å². The van der Waals surface area contributed by atoms with Gasteiger partial charge in [-0.25, -0.2) is 0 Å². The topological polar surface area (TPSA) is 264 Å². The van der Waals surface area contributed by atoms with Crippen LogP contribution >= 0.6 is 0 Å². The minimum absolute atomic E-state index is 0.00379. The second kappa shape index (κ2) is 17.5. The summed E-state index contributed by atoms with van der Waals surface area (Å²) in [5.74, 6) is -0.0465. The lowest BCUT2D eigenvalue weighted by Crippen LogP contribution is -2.68. The Morgan fingerprint density at radius 2 is 1.40 bits per heavy atom. The summed E-state index contributed by atoms with van der Waals surface area (Å²) in [6.07, 6.45) is -13.2. The van der Waals surface area contributed by atoms with Crippen molar-refractivity contribution in [1.29, 1.82) is 0 Å². The monoisotopic (exact) mass is 927 g/mol. The Morgan fingerprint density at radius 3 is 2.08 bits per heavy atom. The smallest absolute Gasteiger partial charge is 0.315 e. The van der Waals surface area contributed by atoms with Crippen molar-refractivity contribution in [3.63, 3.8) is 0 Å². The number of aliphatic hydroxyl groups excluding tert-OH is 9. The van der Waals surface area contributed by atoms with Crippen molar-refractivity contribution in [3.8, 4) is 0 Å². The van der Waals surface area contributed by atoms with E-state index in [1.54, 1.807) is 0 Å². The van der Waals surface area contributed by atoms with Gasteiger partial charge in [-0.2, -0.15) is 0 Å². The van der Waals surface area contributed by atoms with Crippen LogP contribution in [0.4, 0.5) is 0 Å². The quantitative estimate of drug-likeness (QED) is 0.0948. The first-order valence-corrected chi connectivity index (χ1v) is 24.1. The molecule has 23 atom stereocenters. The molecule has 0 amide bonds. The molecule has 3 aliphatic heterocycles. The van der Waals surface area contributed by atoms with Crippen LogP contribution in [0, 0.1) is 50.2 Å². The van der Waals surface area contributed by atoms with E-state index < -0.39 is 116 Å². The Labute approximate surface area is 382 Å². The van der Waals surface area contributed by atoms with Gasteiger partial charge in [-0.15, -0.1) is 0 Å². The van der Waals surface area contributed by atoms with Crippen LogP contribution in [0.3, 0.4) is 0 Å². The van der Waals surface area contributed by atoms with E-state index in [1.807, 2.05) is 0 Å². The molecule has 3 heterocycles. The SMILES string of the molecule is COC(=O)[C@]12CCC(C)(C)C[C@H]1C1=CC[C@@H]3[C@@]4(C)CCC(O[C@@H]5O[C@H](CO)[C@@H](O[C@@H]6OC[C@@H](O)[C@H](O)[C@H]6O)[C@H](O)[C@H]5O[C@@H]5O[C@@H](C)[C@H](O)[C@@H](O)[C@H]5O)C(C)(C)[C@@H]4CC[C@@]3(C)[C@]1(C)C[C@H]2O. The Bertz CT molecular complexity index is 1780. The second-order valence-electron chi connectivity index (χ2n) is 23.3. The fourth-order valence-electron chi connectivity index (χ4n) is 15.1. The highest BCUT2D eigenvalue weighted by Crippen LogP contribution is 2.76. The van der Waals surface area contributed by atoms with E-state index in [2.05, 4.69) is 54.5 Å². The van der Waals surface area contributed by atoms with E-state index in [-0.39, 0.29) is 52.0 Å². The average Bonchev–Trinajstić information content (AvgIpc) is 3.24. The van der Waals surface area contributed by atoms with Gasteiger partial charge in [0.1, 0.15) is 66.5 Å². The summed E-state index contributed by atoms with van der Waals surface area (Å²) < 4.78 is 42.3. The van der Waals surface area contributed by atoms with Crippen molar-refractivity contribution in [2.45, 2.75) is 211 Å². The molecule has 372 valence electrons. The van der Waals surface area contributed by atoms with Gasteiger partial charge >= 0.3 is 5.97 Å². The van der Waals surface area contributed by atoms with Crippen LogP contribution in [0.2, 0.25) is 0 Å². The van der Waals surface area contributed by atoms with Crippen molar-refractivity contribution in [2.75, 3.05) is 20.3 Å². The van der Waals surface area contributed by atoms with Crippen LogP contribution in [0.1, 0.15) is 113 Å². The lowest BCUT2D eigenvalue weighted by atomic mass is 9.33. The van der Waals surface area contributed by atoms with Crippen LogP contribution in [0.5, 0.6) is 0 Å². The average molecular weight is 927 g/mol. The van der Waals surface area contributed by atoms with Crippen molar-refractivity contribution >= 4 is 5.97 Å². The highest BCUT2D eigenvalue weighted by atomic mass is 16.8. The van der Waals surface area contributed by atoms with Gasteiger partial charge in [-0.3, -0.25) is 4.79 Å². The first-order valence-electron chi connectivity index (χ1n) is 24.1. The molecule has 17 heteroatoms. The highest BCUT2D eigenvalue weighted by Gasteiger charge is 2.72. The molecule has 4 saturated carbocycles. The summed E-state index contributed by atoms with van der Waals surface area (Å²) in [4.78, 5) is 13.8. The molecule has 0 bridgehead atoms. The first-order chi connectivity index (χ1) is 30.3. The van der Waals surface area contributed by atoms with E-state index in [1.165, 1.54) is 19.6 Å². The molecule has 1 unspecified atom stereocenters. The van der Waals surface area contributed by atoms with E-state index >= 15 is 0 Å². The Morgan fingerprint density at radius 1 is 0.723 bits per heavy atom. The van der Waals surface area contributed by atoms with Gasteiger partial charge in [0, 0.05) is 0 Å². The molecule has 0 radical (unpaired) electrons. The molecule has 17 nitrogen and oxygen atoms in total.